The van der Waals surface area contributed by atoms with Crippen molar-refractivity contribution in [3.05, 3.63) is 65.0 Å². The molecule has 3 nitrogen and oxygen atoms in total. The minimum absolute atomic E-state index is 0.0101. The molecule has 0 bridgehead atoms. The van der Waals surface area contributed by atoms with Gasteiger partial charge in [-0.2, -0.15) is 0 Å². The Kier molecular flexibility index (Phi) is 3.24. The first kappa shape index (κ1) is 12.8. The number of amides is 1. The third kappa shape index (κ3) is 2.42. The van der Waals surface area contributed by atoms with Crippen LogP contribution in [0.2, 0.25) is 0 Å². The van der Waals surface area contributed by atoms with Crippen LogP contribution in [0.15, 0.2) is 42.5 Å². The first-order valence-electron chi connectivity index (χ1n) is 6.50. The van der Waals surface area contributed by atoms with Gasteiger partial charge in [0.15, 0.2) is 0 Å². The Bertz CT molecular complexity index is 669. The number of anilines is 1. The van der Waals surface area contributed by atoms with Crippen LogP contribution >= 0.6 is 0 Å². The zero-order chi connectivity index (χ0) is 14.1. The van der Waals surface area contributed by atoms with Gasteiger partial charge < -0.3 is 10.4 Å². The van der Waals surface area contributed by atoms with E-state index >= 15 is 0 Å². The highest BCUT2D eigenvalue weighted by Crippen LogP contribution is 2.29. The summed E-state index contributed by atoms with van der Waals surface area (Å²) in [6, 6.07) is 11.3. The Balaban J connectivity index is 1.93. The van der Waals surface area contributed by atoms with Crippen LogP contribution in [0.1, 0.15) is 29.2 Å². The zero-order valence-corrected chi connectivity index (χ0v) is 10.8. The molecule has 0 aromatic heterocycles. The number of fused-ring (bicyclic) bond motifs is 1. The number of benzene rings is 2. The van der Waals surface area contributed by atoms with Crippen molar-refractivity contribution in [3.63, 3.8) is 0 Å². The SMILES string of the molecule is O=C1CCc2cc(C(O)c3cccc(F)c3)ccc2N1. The molecule has 1 amide bonds. The number of hydrogen-bond donors (Lipinski definition) is 2. The Hall–Kier alpha value is -2.20. The first-order valence-corrected chi connectivity index (χ1v) is 6.50. The molecule has 0 saturated heterocycles. The maximum Gasteiger partial charge on any atom is 0.224 e. The molecular weight excluding hydrogens is 257 g/mol. The van der Waals surface area contributed by atoms with Crippen LogP contribution in [0.4, 0.5) is 10.1 Å². The minimum atomic E-state index is -0.867. The number of halogens is 1. The van der Waals surface area contributed by atoms with Gasteiger partial charge in [0, 0.05) is 12.1 Å². The number of hydrogen-bond acceptors (Lipinski definition) is 2. The largest absolute Gasteiger partial charge is 0.384 e. The van der Waals surface area contributed by atoms with Crippen LogP contribution in [0.5, 0.6) is 0 Å². The van der Waals surface area contributed by atoms with Gasteiger partial charge in [0.05, 0.1) is 0 Å². The van der Waals surface area contributed by atoms with Crippen molar-refractivity contribution in [1.29, 1.82) is 0 Å². The number of carbonyl (C=O) groups is 1. The third-order valence-corrected chi connectivity index (χ3v) is 3.50. The molecule has 0 aliphatic carbocycles. The number of aliphatic hydroxyl groups excluding tert-OH is 1. The average molecular weight is 271 g/mol. The van der Waals surface area contributed by atoms with Gasteiger partial charge in [-0.15, -0.1) is 0 Å². The highest BCUT2D eigenvalue weighted by Gasteiger charge is 2.17. The molecule has 0 spiro atoms. The van der Waals surface area contributed by atoms with Gasteiger partial charge >= 0.3 is 0 Å². The van der Waals surface area contributed by atoms with Crippen molar-refractivity contribution in [2.75, 3.05) is 5.32 Å². The summed E-state index contributed by atoms with van der Waals surface area (Å²) in [5, 5.41) is 13.1. The normalized spacial score (nSPS) is 15.4. The Morgan fingerprint density at radius 1 is 1.10 bits per heavy atom. The third-order valence-electron chi connectivity index (χ3n) is 3.50. The van der Waals surface area contributed by atoms with E-state index in [4.69, 9.17) is 0 Å². The molecule has 2 aromatic rings. The molecule has 2 N–H and O–H groups in total. The van der Waals surface area contributed by atoms with Crippen LogP contribution < -0.4 is 5.32 Å². The van der Waals surface area contributed by atoms with E-state index in [0.717, 1.165) is 11.3 Å². The van der Waals surface area contributed by atoms with Crippen LogP contribution in [-0.2, 0) is 11.2 Å². The van der Waals surface area contributed by atoms with Crippen LogP contribution in [-0.4, -0.2) is 11.0 Å². The second-order valence-electron chi connectivity index (χ2n) is 4.92. The molecule has 4 heteroatoms. The second kappa shape index (κ2) is 5.06. The van der Waals surface area contributed by atoms with Crippen molar-refractivity contribution in [1.82, 2.24) is 0 Å². The van der Waals surface area contributed by atoms with Crippen LogP contribution in [0, 0.1) is 5.82 Å². The quantitative estimate of drug-likeness (QED) is 0.882. The fraction of sp³-hybridized carbons (Fsp3) is 0.188. The zero-order valence-electron chi connectivity index (χ0n) is 10.8. The van der Waals surface area contributed by atoms with Crippen molar-refractivity contribution in [2.45, 2.75) is 18.9 Å². The molecular formula is C16H14FNO2. The second-order valence-corrected chi connectivity index (χ2v) is 4.92. The van der Waals surface area contributed by atoms with E-state index in [9.17, 15) is 14.3 Å². The van der Waals surface area contributed by atoms with E-state index in [0.29, 0.717) is 24.0 Å². The van der Waals surface area contributed by atoms with Crippen molar-refractivity contribution in [3.8, 4) is 0 Å². The van der Waals surface area contributed by atoms with E-state index in [1.807, 2.05) is 6.07 Å². The smallest absolute Gasteiger partial charge is 0.224 e. The number of rotatable bonds is 2. The van der Waals surface area contributed by atoms with E-state index in [1.165, 1.54) is 12.1 Å². The number of aryl methyl sites for hydroxylation is 1. The first-order chi connectivity index (χ1) is 9.63. The lowest BCUT2D eigenvalue weighted by atomic mass is 9.95. The Labute approximate surface area is 116 Å². The summed E-state index contributed by atoms with van der Waals surface area (Å²) >= 11 is 0. The molecule has 1 atom stereocenters. The van der Waals surface area contributed by atoms with E-state index in [2.05, 4.69) is 5.32 Å². The molecule has 0 radical (unpaired) electrons. The molecule has 102 valence electrons. The van der Waals surface area contributed by atoms with Gasteiger partial charge in [0.1, 0.15) is 11.9 Å². The minimum Gasteiger partial charge on any atom is -0.384 e. The lowest BCUT2D eigenvalue weighted by Gasteiger charge is -2.19. The Morgan fingerprint density at radius 2 is 1.90 bits per heavy atom. The predicted octanol–water partition coefficient (Wildman–Crippen LogP) is 2.79. The molecule has 0 fully saturated rings. The van der Waals surface area contributed by atoms with E-state index < -0.39 is 6.10 Å². The molecule has 1 aliphatic rings. The summed E-state index contributed by atoms with van der Waals surface area (Å²) in [5.74, 6) is -0.359. The van der Waals surface area contributed by atoms with Crippen molar-refractivity contribution < 1.29 is 14.3 Å². The van der Waals surface area contributed by atoms with E-state index in [1.54, 1.807) is 24.3 Å². The maximum atomic E-state index is 13.2. The average Bonchev–Trinajstić information content (AvgIpc) is 2.46. The van der Waals surface area contributed by atoms with Crippen molar-refractivity contribution >= 4 is 11.6 Å². The standard InChI is InChI=1S/C16H14FNO2/c17-13-3-1-2-11(9-13)16(20)12-4-6-14-10(8-12)5-7-15(19)18-14/h1-4,6,8-9,16,20H,5,7H2,(H,18,19). The molecule has 2 aromatic carbocycles. The molecule has 1 unspecified atom stereocenters. The van der Waals surface area contributed by atoms with Crippen LogP contribution in [0.25, 0.3) is 0 Å². The van der Waals surface area contributed by atoms with Gasteiger partial charge in [-0.3, -0.25) is 4.79 Å². The highest BCUT2D eigenvalue weighted by atomic mass is 19.1. The van der Waals surface area contributed by atoms with Gasteiger partial charge in [0.25, 0.3) is 0 Å². The molecule has 0 saturated carbocycles. The number of nitrogens with one attached hydrogen (secondary N) is 1. The van der Waals surface area contributed by atoms with E-state index in [-0.39, 0.29) is 11.7 Å². The van der Waals surface area contributed by atoms with Gasteiger partial charge in [-0.25, -0.2) is 4.39 Å². The van der Waals surface area contributed by atoms with Gasteiger partial charge in [0.2, 0.25) is 5.91 Å². The number of aliphatic hydroxyl groups is 1. The molecule has 1 aliphatic heterocycles. The summed E-state index contributed by atoms with van der Waals surface area (Å²) in [6.07, 6.45) is 0.242. The number of carbonyl (C=O) groups excluding carboxylic acids is 1. The summed E-state index contributed by atoms with van der Waals surface area (Å²) < 4.78 is 13.2. The fourth-order valence-corrected chi connectivity index (χ4v) is 2.44. The predicted molar refractivity (Wildman–Crippen MR) is 73.9 cm³/mol. The van der Waals surface area contributed by atoms with Gasteiger partial charge in [-0.1, -0.05) is 24.3 Å². The summed E-state index contributed by atoms with van der Waals surface area (Å²) in [6.45, 7) is 0. The molecule has 3 rings (SSSR count). The fourth-order valence-electron chi connectivity index (χ4n) is 2.44. The monoisotopic (exact) mass is 271 g/mol. The summed E-state index contributed by atoms with van der Waals surface area (Å²) in [4.78, 5) is 11.3. The summed E-state index contributed by atoms with van der Waals surface area (Å²) in [7, 11) is 0. The lowest BCUT2D eigenvalue weighted by molar-refractivity contribution is -0.116. The Morgan fingerprint density at radius 3 is 2.70 bits per heavy atom. The van der Waals surface area contributed by atoms with Gasteiger partial charge in [-0.05, 0) is 41.3 Å². The topological polar surface area (TPSA) is 49.3 Å². The molecule has 20 heavy (non-hydrogen) atoms. The lowest BCUT2D eigenvalue weighted by Crippen LogP contribution is -2.19. The van der Waals surface area contributed by atoms with Crippen molar-refractivity contribution in [2.24, 2.45) is 0 Å². The maximum absolute atomic E-state index is 13.2. The van der Waals surface area contributed by atoms with Crippen LogP contribution in [0.3, 0.4) is 0 Å². The summed E-state index contributed by atoms with van der Waals surface area (Å²) in [5.41, 5.74) is 3.00. The highest BCUT2D eigenvalue weighted by molar-refractivity contribution is 5.93. The molecule has 1 heterocycles.